The number of ether oxygens (including phenoxy) is 2. The molecule has 2 aliphatic rings. The Bertz CT molecular complexity index is 861. The van der Waals surface area contributed by atoms with Gasteiger partial charge in [-0.05, 0) is 24.3 Å². The number of hydrogen-bond acceptors (Lipinski definition) is 5. The molecular formula is C15H10BrClFN3O2. The molecule has 1 atom stereocenters. The summed E-state index contributed by atoms with van der Waals surface area (Å²) in [5.41, 5.74) is 6.15. The SMILES string of the molecule is NC1=N[C@@]2(CCO1)c1cc(Br)ccc1Oc1c2cc(Cl)nc1F. The highest BCUT2D eigenvalue weighted by molar-refractivity contribution is 9.10. The van der Waals surface area contributed by atoms with E-state index in [4.69, 9.17) is 26.8 Å². The third-order valence-corrected chi connectivity index (χ3v) is 4.65. The molecule has 8 heteroatoms. The molecule has 2 N–H and O–H groups in total. The summed E-state index contributed by atoms with van der Waals surface area (Å²) in [7, 11) is 0. The van der Waals surface area contributed by atoms with Crippen LogP contribution in [0.4, 0.5) is 4.39 Å². The van der Waals surface area contributed by atoms with Crippen molar-refractivity contribution in [2.75, 3.05) is 6.61 Å². The van der Waals surface area contributed by atoms with Crippen LogP contribution < -0.4 is 10.5 Å². The molecule has 0 aliphatic carbocycles. The van der Waals surface area contributed by atoms with Gasteiger partial charge in [0.05, 0.1) is 6.61 Å². The highest BCUT2D eigenvalue weighted by atomic mass is 79.9. The van der Waals surface area contributed by atoms with E-state index in [-0.39, 0.29) is 16.9 Å². The summed E-state index contributed by atoms with van der Waals surface area (Å²) in [5, 5.41) is 0.0305. The maximum Gasteiger partial charge on any atom is 0.283 e. The molecule has 5 nitrogen and oxygen atoms in total. The summed E-state index contributed by atoms with van der Waals surface area (Å²) in [6.45, 7) is 0.349. The Morgan fingerprint density at radius 3 is 2.91 bits per heavy atom. The molecule has 2 aliphatic heterocycles. The minimum absolute atomic E-state index is 0.0164. The van der Waals surface area contributed by atoms with Crippen LogP contribution in [-0.2, 0) is 10.3 Å². The van der Waals surface area contributed by atoms with Gasteiger partial charge in [0.1, 0.15) is 16.4 Å². The molecule has 0 bridgehead atoms. The Labute approximate surface area is 144 Å². The number of aliphatic imine (C=N–C) groups is 1. The Hall–Kier alpha value is -1.86. The van der Waals surface area contributed by atoms with Gasteiger partial charge in [-0.2, -0.15) is 4.39 Å². The van der Waals surface area contributed by atoms with Crippen LogP contribution >= 0.6 is 27.5 Å². The molecule has 118 valence electrons. The van der Waals surface area contributed by atoms with Crippen molar-refractivity contribution in [1.29, 1.82) is 0 Å². The van der Waals surface area contributed by atoms with Gasteiger partial charge in [0.25, 0.3) is 12.0 Å². The molecule has 1 aromatic carbocycles. The number of rotatable bonds is 0. The van der Waals surface area contributed by atoms with E-state index in [1.54, 1.807) is 12.1 Å². The molecule has 3 heterocycles. The van der Waals surface area contributed by atoms with Gasteiger partial charge in [-0.25, -0.2) is 9.98 Å². The van der Waals surface area contributed by atoms with E-state index < -0.39 is 11.5 Å². The van der Waals surface area contributed by atoms with E-state index in [0.717, 1.165) is 10.0 Å². The molecule has 0 saturated heterocycles. The van der Waals surface area contributed by atoms with E-state index in [1.165, 1.54) is 0 Å². The Morgan fingerprint density at radius 2 is 2.13 bits per heavy atom. The fourth-order valence-corrected chi connectivity index (χ4v) is 3.56. The van der Waals surface area contributed by atoms with E-state index in [2.05, 4.69) is 25.9 Å². The molecule has 0 radical (unpaired) electrons. The molecule has 0 unspecified atom stereocenters. The number of nitrogens with zero attached hydrogens (tertiary/aromatic N) is 2. The molecule has 0 amide bonds. The van der Waals surface area contributed by atoms with Crippen LogP contribution in [-0.4, -0.2) is 17.6 Å². The molecule has 1 spiro atoms. The van der Waals surface area contributed by atoms with Crippen molar-refractivity contribution in [2.24, 2.45) is 10.7 Å². The summed E-state index contributed by atoms with van der Waals surface area (Å²) in [4.78, 5) is 8.13. The maximum atomic E-state index is 14.3. The smallest absolute Gasteiger partial charge is 0.283 e. The molecule has 23 heavy (non-hydrogen) atoms. The molecule has 1 aromatic heterocycles. The third-order valence-electron chi connectivity index (χ3n) is 3.96. The van der Waals surface area contributed by atoms with Crippen LogP contribution in [0.2, 0.25) is 5.15 Å². The minimum atomic E-state index is -0.914. The van der Waals surface area contributed by atoms with Crippen molar-refractivity contribution in [3.05, 3.63) is 51.0 Å². The molecule has 0 fully saturated rings. The number of hydrogen-bond donors (Lipinski definition) is 1. The van der Waals surface area contributed by atoms with E-state index in [0.29, 0.717) is 24.3 Å². The standard InChI is InChI=1S/C15H10BrClFN3O2/c16-7-1-2-10-8(5-7)15(3-4-22-14(19)21-15)9-6-11(17)20-13(18)12(9)23-10/h1-2,5-6H,3-4H2,(H2,19,21)/t15-/m0/s1. The van der Waals surface area contributed by atoms with Gasteiger partial charge in [0, 0.05) is 22.0 Å². The first-order chi connectivity index (χ1) is 11.0. The topological polar surface area (TPSA) is 69.7 Å². The molecule has 0 saturated carbocycles. The number of nitrogens with two attached hydrogens (primary N) is 1. The second-order valence-electron chi connectivity index (χ2n) is 5.26. The minimum Gasteiger partial charge on any atom is -0.465 e. The Morgan fingerprint density at radius 1 is 1.30 bits per heavy atom. The van der Waals surface area contributed by atoms with Gasteiger partial charge >= 0.3 is 0 Å². The highest BCUT2D eigenvalue weighted by Crippen LogP contribution is 2.53. The fourth-order valence-electron chi connectivity index (χ4n) is 3.02. The summed E-state index contributed by atoms with van der Waals surface area (Å²) in [5.74, 6) is -0.259. The second kappa shape index (κ2) is 5.07. The van der Waals surface area contributed by atoms with Gasteiger partial charge in [0.2, 0.25) is 0 Å². The van der Waals surface area contributed by atoms with Gasteiger partial charge in [-0.15, -0.1) is 0 Å². The third kappa shape index (κ3) is 2.18. The normalized spacial score (nSPS) is 21.8. The van der Waals surface area contributed by atoms with Crippen LogP contribution in [0.1, 0.15) is 17.5 Å². The average molecular weight is 399 g/mol. The van der Waals surface area contributed by atoms with Crippen LogP contribution in [0.25, 0.3) is 0 Å². The van der Waals surface area contributed by atoms with Crippen LogP contribution in [0.3, 0.4) is 0 Å². The number of fused-ring (bicyclic) bond motifs is 4. The number of pyridine rings is 1. The highest BCUT2D eigenvalue weighted by Gasteiger charge is 2.46. The monoisotopic (exact) mass is 397 g/mol. The van der Waals surface area contributed by atoms with Crippen molar-refractivity contribution in [1.82, 2.24) is 4.98 Å². The van der Waals surface area contributed by atoms with Gasteiger partial charge in [-0.1, -0.05) is 27.5 Å². The zero-order chi connectivity index (χ0) is 16.2. The summed E-state index contributed by atoms with van der Waals surface area (Å²) in [6.07, 6.45) is 0.479. The van der Waals surface area contributed by atoms with Crippen molar-refractivity contribution in [3.8, 4) is 11.5 Å². The molecule has 4 rings (SSSR count). The van der Waals surface area contributed by atoms with Gasteiger partial charge < -0.3 is 15.2 Å². The van der Waals surface area contributed by atoms with Crippen molar-refractivity contribution >= 4 is 33.6 Å². The van der Waals surface area contributed by atoms with Gasteiger partial charge in [-0.3, -0.25) is 0 Å². The lowest BCUT2D eigenvalue weighted by Crippen LogP contribution is -2.38. The zero-order valence-corrected chi connectivity index (χ0v) is 14.0. The maximum absolute atomic E-state index is 14.3. The van der Waals surface area contributed by atoms with Crippen molar-refractivity contribution in [2.45, 2.75) is 12.0 Å². The largest absolute Gasteiger partial charge is 0.465 e. The second-order valence-corrected chi connectivity index (χ2v) is 6.57. The lowest BCUT2D eigenvalue weighted by molar-refractivity contribution is 0.217. The zero-order valence-electron chi connectivity index (χ0n) is 11.6. The Balaban J connectivity index is 2.08. The van der Waals surface area contributed by atoms with Gasteiger partial charge in [0.15, 0.2) is 5.75 Å². The first-order valence-corrected chi connectivity index (χ1v) is 7.99. The quantitative estimate of drug-likeness (QED) is 0.687. The van der Waals surface area contributed by atoms with Crippen LogP contribution in [0.5, 0.6) is 11.5 Å². The Kier molecular flexibility index (Phi) is 3.24. The molecule has 2 aromatic rings. The van der Waals surface area contributed by atoms with E-state index in [1.807, 2.05) is 12.1 Å². The van der Waals surface area contributed by atoms with E-state index in [9.17, 15) is 4.39 Å². The van der Waals surface area contributed by atoms with E-state index >= 15 is 0 Å². The summed E-state index contributed by atoms with van der Waals surface area (Å²) in [6, 6.07) is 7.05. The number of aromatic nitrogens is 1. The number of halogens is 3. The fraction of sp³-hybridized carbons (Fsp3) is 0.200. The first-order valence-electron chi connectivity index (χ1n) is 6.82. The summed E-state index contributed by atoms with van der Waals surface area (Å²) >= 11 is 9.40. The van der Waals surface area contributed by atoms with Crippen molar-refractivity contribution in [3.63, 3.8) is 0 Å². The predicted octanol–water partition coefficient (Wildman–Crippen LogP) is 3.72. The lowest BCUT2D eigenvalue weighted by Gasteiger charge is -2.39. The van der Waals surface area contributed by atoms with Crippen LogP contribution in [0.15, 0.2) is 33.7 Å². The lowest BCUT2D eigenvalue weighted by atomic mass is 9.78. The first kappa shape index (κ1) is 14.7. The predicted molar refractivity (Wildman–Crippen MR) is 86.4 cm³/mol. The summed E-state index contributed by atoms with van der Waals surface area (Å²) < 4.78 is 26.1. The van der Waals surface area contributed by atoms with Crippen LogP contribution in [0, 0.1) is 5.95 Å². The average Bonchev–Trinajstić information content (AvgIpc) is 2.50. The molecular weight excluding hydrogens is 389 g/mol. The van der Waals surface area contributed by atoms with Crippen molar-refractivity contribution < 1.29 is 13.9 Å². The number of benzene rings is 1. The number of amidine groups is 1.